The summed E-state index contributed by atoms with van der Waals surface area (Å²) in [5, 5.41) is 3.67. The van der Waals surface area contributed by atoms with Crippen molar-refractivity contribution in [2.24, 2.45) is 5.92 Å². The second-order valence-corrected chi connectivity index (χ2v) is 6.03. The highest BCUT2D eigenvalue weighted by Gasteiger charge is 2.21. The average Bonchev–Trinajstić information content (AvgIpc) is 2.79. The van der Waals surface area contributed by atoms with Gasteiger partial charge in [-0.1, -0.05) is 26.2 Å². The topological polar surface area (TPSA) is 39.1 Å². The van der Waals surface area contributed by atoms with Crippen molar-refractivity contribution in [3.05, 3.63) is 11.9 Å². The highest BCUT2D eigenvalue weighted by atomic mass is 16.5. The van der Waals surface area contributed by atoms with Crippen LogP contribution in [-0.4, -0.2) is 29.3 Å². The third-order valence-corrected chi connectivity index (χ3v) is 4.34. The Morgan fingerprint density at radius 1 is 1.45 bits per heavy atom. The summed E-state index contributed by atoms with van der Waals surface area (Å²) < 4.78 is 7.37. The first kappa shape index (κ1) is 15.4. The number of hydrogen-bond acceptors (Lipinski definition) is 3. The molecule has 0 aromatic carbocycles. The van der Waals surface area contributed by atoms with E-state index < -0.39 is 0 Å². The number of anilines is 1. The third-order valence-electron chi connectivity index (χ3n) is 4.34. The maximum absolute atomic E-state index is 5.13. The first-order valence-electron chi connectivity index (χ1n) is 8.02. The maximum Gasteiger partial charge on any atom is 0.203 e. The van der Waals surface area contributed by atoms with Gasteiger partial charge in [-0.05, 0) is 32.1 Å². The number of nitrogens with zero attached hydrogens (tertiary/aromatic N) is 2. The normalized spacial score (nSPS) is 22.9. The van der Waals surface area contributed by atoms with Crippen molar-refractivity contribution in [1.29, 1.82) is 0 Å². The molecular weight excluding hydrogens is 250 g/mol. The Labute approximate surface area is 122 Å². The first-order valence-corrected chi connectivity index (χ1v) is 8.02. The summed E-state index contributed by atoms with van der Waals surface area (Å²) in [5.74, 6) is 1.93. The zero-order chi connectivity index (χ0) is 14.4. The van der Waals surface area contributed by atoms with Crippen molar-refractivity contribution in [3.63, 3.8) is 0 Å². The summed E-state index contributed by atoms with van der Waals surface area (Å²) >= 11 is 0. The summed E-state index contributed by atoms with van der Waals surface area (Å²) in [6, 6.07) is 0.594. The molecule has 1 aromatic rings. The number of aryl methyl sites for hydroxylation is 2. The van der Waals surface area contributed by atoms with Gasteiger partial charge in [-0.25, -0.2) is 4.98 Å². The fourth-order valence-corrected chi connectivity index (χ4v) is 3.19. The standard InChI is InChI=1S/C16H29N3O/c1-4-14-7-5-8-15(11-14)18-16-17-13(2)12-19(16)9-6-10-20-3/h12,14-15H,4-11H2,1-3H3,(H,17,18). The smallest absolute Gasteiger partial charge is 0.203 e. The predicted molar refractivity (Wildman–Crippen MR) is 83.1 cm³/mol. The van der Waals surface area contributed by atoms with Crippen molar-refractivity contribution >= 4 is 5.95 Å². The maximum atomic E-state index is 5.13. The number of methoxy groups -OCH3 is 1. The molecule has 1 aliphatic carbocycles. The van der Waals surface area contributed by atoms with Crippen LogP contribution in [-0.2, 0) is 11.3 Å². The van der Waals surface area contributed by atoms with Gasteiger partial charge in [0.05, 0.1) is 5.69 Å². The number of rotatable bonds is 7. The van der Waals surface area contributed by atoms with Crippen LogP contribution in [0.5, 0.6) is 0 Å². The molecule has 1 aliphatic rings. The molecule has 1 heterocycles. The first-order chi connectivity index (χ1) is 9.72. The van der Waals surface area contributed by atoms with E-state index in [1.54, 1.807) is 7.11 Å². The summed E-state index contributed by atoms with van der Waals surface area (Å²) in [6.45, 7) is 6.15. The van der Waals surface area contributed by atoms with E-state index >= 15 is 0 Å². The van der Waals surface area contributed by atoms with Crippen LogP contribution in [0.25, 0.3) is 0 Å². The molecule has 2 atom stereocenters. The van der Waals surface area contributed by atoms with Crippen LogP contribution in [0.15, 0.2) is 6.20 Å². The lowest BCUT2D eigenvalue weighted by atomic mass is 9.84. The molecule has 4 nitrogen and oxygen atoms in total. The SMILES string of the molecule is CCC1CCCC(Nc2nc(C)cn2CCCOC)C1. The zero-order valence-electron chi connectivity index (χ0n) is 13.2. The number of imidazole rings is 1. The van der Waals surface area contributed by atoms with Crippen molar-refractivity contribution in [1.82, 2.24) is 9.55 Å². The molecule has 1 aromatic heterocycles. The molecule has 0 saturated heterocycles. The Morgan fingerprint density at radius 2 is 2.30 bits per heavy atom. The van der Waals surface area contributed by atoms with Crippen LogP contribution >= 0.6 is 0 Å². The fourth-order valence-electron chi connectivity index (χ4n) is 3.19. The second kappa shape index (κ2) is 7.67. The number of aromatic nitrogens is 2. The van der Waals surface area contributed by atoms with Crippen LogP contribution < -0.4 is 5.32 Å². The lowest BCUT2D eigenvalue weighted by Gasteiger charge is -2.29. The van der Waals surface area contributed by atoms with E-state index in [1.807, 2.05) is 0 Å². The lowest BCUT2D eigenvalue weighted by molar-refractivity contribution is 0.190. The minimum atomic E-state index is 0.594. The number of nitrogens with one attached hydrogen (secondary N) is 1. The van der Waals surface area contributed by atoms with Gasteiger partial charge in [-0.15, -0.1) is 0 Å². The number of hydrogen-bond donors (Lipinski definition) is 1. The van der Waals surface area contributed by atoms with Gasteiger partial charge in [-0.2, -0.15) is 0 Å². The highest BCUT2D eigenvalue weighted by molar-refractivity contribution is 5.30. The van der Waals surface area contributed by atoms with Crippen LogP contribution in [0.3, 0.4) is 0 Å². The van der Waals surface area contributed by atoms with Gasteiger partial charge in [0.2, 0.25) is 5.95 Å². The van der Waals surface area contributed by atoms with Gasteiger partial charge >= 0.3 is 0 Å². The van der Waals surface area contributed by atoms with E-state index in [1.165, 1.54) is 32.1 Å². The minimum absolute atomic E-state index is 0.594. The molecule has 0 spiro atoms. The molecule has 0 aliphatic heterocycles. The van der Waals surface area contributed by atoms with Crippen LogP contribution in [0.1, 0.15) is 51.1 Å². The second-order valence-electron chi connectivity index (χ2n) is 6.03. The van der Waals surface area contributed by atoms with Gasteiger partial charge in [-0.3, -0.25) is 0 Å². The van der Waals surface area contributed by atoms with E-state index in [0.29, 0.717) is 6.04 Å². The minimum Gasteiger partial charge on any atom is -0.385 e. The monoisotopic (exact) mass is 279 g/mol. The van der Waals surface area contributed by atoms with Crippen LogP contribution in [0, 0.1) is 12.8 Å². The Hall–Kier alpha value is -1.03. The average molecular weight is 279 g/mol. The Kier molecular flexibility index (Phi) is 5.89. The molecule has 1 N–H and O–H groups in total. The molecule has 1 fully saturated rings. The summed E-state index contributed by atoms with van der Waals surface area (Å²) in [4.78, 5) is 4.65. The molecule has 0 radical (unpaired) electrons. The van der Waals surface area contributed by atoms with E-state index in [0.717, 1.165) is 37.1 Å². The number of ether oxygens (including phenoxy) is 1. The molecule has 0 amide bonds. The van der Waals surface area contributed by atoms with Gasteiger partial charge in [0.25, 0.3) is 0 Å². The molecule has 20 heavy (non-hydrogen) atoms. The largest absolute Gasteiger partial charge is 0.385 e. The summed E-state index contributed by atoms with van der Waals surface area (Å²) in [6.07, 6.45) is 9.79. The van der Waals surface area contributed by atoms with Crippen LogP contribution in [0.2, 0.25) is 0 Å². The molecule has 1 saturated carbocycles. The molecule has 2 unspecified atom stereocenters. The van der Waals surface area contributed by atoms with E-state index in [2.05, 4.69) is 34.9 Å². The lowest BCUT2D eigenvalue weighted by Crippen LogP contribution is -2.28. The van der Waals surface area contributed by atoms with Crippen molar-refractivity contribution in [2.75, 3.05) is 19.0 Å². The van der Waals surface area contributed by atoms with Crippen molar-refractivity contribution in [3.8, 4) is 0 Å². The zero-order valence-corrected chi connectivity index (χ0v) is 13.2. The summed E-state index contributed by atoms with van der Waals surface area (Å²) in [7, 11) is 1.76. The van der Waals surface area contributed by atoms with Crippen molar-refractivity contribution in [2.45, 2.75) is 65.0 Å². The third kappa shape index (κ3) is 4.23. The molecule has 2 rings (SSSR count). The van der Waals surface area contributed by atoms with Crippen molar-refractivity contribution < 1.29 is 4.74 Å². The van der Waals surface area contributed by atoms with Gasteiger partial charge in [0.15, 0.2) is 0 Å². The fraction of sp³-hybridized carbons (Fsp3) is 0.812. The molecular formula is C16H29N3O. The van der Waals surface area contributed by atoms with E-state index in [9.17, 15) is 0 Å². The Bertz CT molecular complexity index is 402. The molecule has 4 heteroatoms. The quantitative estimate of drug-likeness (QED) is 0.775. The van der Waals surface area contributed by atoms with Gasteiger partial charge in [0, 0.05) is 32.5 Å². The summed E-state index contributed by atoms with van der Waals surface area (Å²) in [5.41, 5.74) is 1.09. The Balaban J connectivity index is 1.93. The van der Waals surface area contributed by atoms with Crippen LogP contribution in [0.4, 0.5) is 5.95 Å². The van der Waals surface area contributed by atoms with Gasteiger partial charge in [0.1, 0.15) is 0 Å². The highest BCUT2D eigenvalue weighted by Crippen LogP contribution is 2.28. The van der Waals surface area contributed by atoms with E-state index in [4.69, 9.17) is 4.74 Å². The molecule has 114 valence electrons. The van der Waals surface area contributed by atoms with Gasteiger partial charge < -0.3 is 14.6 Å². The predicted octanol–water partition coefficient (Wildman–Crippen LogP) is 3.61. The molecule has 0 bridgehead atoms. The Morgan fingerprint density at radius 3 is 3.05 bits per heavy atom. The van der Waals surface area contributed by atoms with E-state index in [-0.39, 0.29) is 0 Å².